The topological polar surface area (TPSA) is 228 Å². The minimum Gasteiger partial charge on any atom is -0.481 e. The number of hydrogen-bond acceptors (Lipinski definition) is 10. The van der Waals surface area contributed by atoms with Crippen molar-refractivity contribution in [1.29, 1.82) is 0 Å². The van der Waals surface area contributed by atoms with Gasteiger partial charge in [-0.15, -0.1) is 0 Å². The largest absolute Gasteiger partial charge is 0.481 e. The molecule has 0 aliphatic carbocycles. The summed E-state index contributed by atoms with van der Waals surface area (Å²) in [4.78, 5) is 69.9. The first kappa shape index (κ1) is 51.7. The number of hydrogen-bond donors (Lipinski definition) is 6. The summed E-state index contributed by atoms with van der Waals surface area (Å²) in [6.45, 7) is 4.57. The van der Waals surface area contributed by atoms with Gasteiger partial charge in [0.05, 0.1) is 39.6 Å². The minimum absolute atomic E-state index is 0.00957. The quantitative estimate of drug-likeness (QED) is 0.0486. The van der Waals surface area contributed by atoms with Crippen LogP contribution in [0.5, 0.6) is 0 Å². The molecular weight excluding hydrogens is 716 g/mol. The van der Waals surface area contributed by atoms with Crippen LogP contribution in [-0.2, 0) is 47.7 Å². The number of rotatable bonds is 41. The zero-order chi connectivity index (χ0) is 40.6. The lowest BCUT2D eigenvalue weighted by molar-refractivity contribution is -0.142. The van der Waals surface area contributed by atoms with Crippen LogP contribution in [0.15, 0.2) is 0 Å². The summed E-state index contributed by atoms with van der Waals surface area (Å²) in [5, 5.41) is 28.7. The van der Waals surface area contributed by atoms with Gasteiger partial charge in [-0.3, -0.25) is 24.0 Å². The predicted octanol–water partition coefficient (Wildman–Crippen LogP) is 3.88. The zero-order valence-corrected chi connectivity index (χ0v) is 33.5. The number of carboxylic acid groups (broad SMARTS) is 2. The van der Waals surface area contributed by atoms with Crippen LogP contribution in [0.4, 0.5) is 0 Å². The van der Waals surface area contributed by atoms with Gasteiger partial charge in [0.2, 0.25) is 23.6 Å². The minimum atomic E-state index is -1.18. The Bertz CT molecular complexity index is 1020. The van der Waals surface area contributed by atoms with Crippen LogP contribution in [0.1, 0.15) is 135 Å². The second-order valence-electron chi connectivity index (χ2n) is 13.6. The normalized spacial score (nSPS) is 11.5. The van der Waals surface area contributed by atoms with Crippen LogP contribution in [0.2, 0.25) is 0 Å². The fraction of sp³-hybridized carbons (Fsp3) is 0.846. The number of aliphatic carboxylic acids is 2. The molecular formula is C39H72N4O12. The number of amides is 4. The molecule has 0 heterocycles. The van der Waals surface area contributed by atoms with Gasteiger partial charge in [-0.25, -0.2) is 4.79 Å². The molecule has 55 heavy (non-hydrogen) atoms. The maximum absolute atomic E-state index is 12.3. The first-order chi connectivity index (χ1) is 26.6. The van der Waals surface area contributed by atoms with Crippen molar-refractivity contribution in [3.63, 3.8) is 0 Å². The summed E-state index contributed by atoms with van der Waals surface area (Å²) in [6.07, 6.45) is 17.5. The Morgan fingerprint density at radius 3 is 1.33 bits per heavy atom. The number of carbonyl (C=O) groups is 6. The third kappa shape index (κ3) is 38.7. The summed E-state index contributed by atoms with van der Waals surface area (Å²) >= 11 is 0. The van der Waals surface area contributed by atoms with Gasteiger partial charge in [0.15, 0.2) is 0 Å². The van der Waals surface area contributed by atoms with Crippen molar-refractivity contribution in [2.45, 2.75) is 141 Å². The van der Waals surface area contributed by atoms with E-state index < -0.39 is 18.0 Å². The van der Waals surface area contributed by atoms with Gasteiger partial charge in [-0.05, 0) is 25.7 Å². The van der Waals surface area contributed by atoms with Crippen LogP contribution in [-0.4, -0.2) is 124 Å². The third-order valence-corrected chi connectivity index (χ3v) is 8.54. The van der Waals surface area contributed by atoms with Gasteiger partial charge < -0.3 is 50.4 Å². The highest BCUT2D eigenvalue weighted by Gasteiger charge is 2.20. The molecule has 16 heteroatoms. The van der Waals surface area contributed by atoms with Crippen molar-refractivity contribution >= 4 is 35.6 Å². The van der Waals surface area contributed by atoms with E-state index >= 15 is 0 Å². The van der Waals surface area contributed by atoms with Crippen molar-refractivity contribution in [3.8, 4) is 0 Å². The monoisotopic (exact) mass is 789 g/mol. The van der Waals surface area contributed by atoms with Gasteiger partial charge in [0.25, 0.3) is 0 Å². The molecule has 0 bridgehead atoms. The lowest BCUT2D eigenvalue weighted by atomic mass is 10.0. The second-order valence-corrected chi connectivity index (χ2v) is 13.6. The molecule has 16 nitrogen and oxygen atoms in total. The van der Waals surface area contributed by atoms with Gasteiger partial charge in [0, 0.05) is 38.9 Å². The molecule has 0 aromatic heterocycles. The number of unbranched alkanes of at least 4 members (excludes halogenated alkanes) is 14. The molecule has 320 valence electrons. The molecule has 6 N–H and O–H groups in total. The number of ether oxygens (including phenoxy) is 4. The molecule has 0 aliphatic rings. The molecule has 0 saturated heterocycles. The Hall–Kier alpha value is -3.34. The fourth-order valence-electron chi connectivity index (χ4n) is 5.37. The molecule has 0 rings (SSSR count). The number of carbonyl (C=O) groups excluding carboxylic acids is 4. The molecule has 0 saturated carbocycles. The van der Waals surface area contributed by atoms with E-state index in [9.17, 15) is 33.9 Å². The van der Waals surface area contributed by atoms with Crippen molar-refractivity contribution in [2.24, 2.45) is 0 Å². The van der Waals surface area contributed by atoms with Gasteiger partial charge in [-0.1, -0.05) is 90.4 Å². The standard InChI is InChI=1S/C39H72N4O12/c1-2-3-22-40-36(46)31-54-29-28-53-26-24-42-37(47)32-55-30-27-52-25-23-41-34(44)21-20-33(39(50)51)43-35(45)18-16-14-12-10-8-6-4-5-7-9-11-13-15-17-19-38(48)49/h33H,2-32H2,1H3,(H,40,46)(H,41,44)(H,42,47)(H,43,45)(H,48,49)(H,50,51)/t33-/m0/s1. The lowest BCUT2D eigenvalue weighted by Gasteiger charge is -2.14. The summed E-state index contributed by atoms with van der Waals surface area (Å²) < 4.78 is 21.2. The molecule has 0 aromatic rings. The Kier molecular flexibility index (Phi) is 36.6. The van der Waals surface area contributed by atoms with Crippen molar-refractivity contribution in [1.82, 2.24) is 21.3 Å². The van der Waals surface area contributed by atoms with Gasteiger partial charge in [-0.2, -0.15) is 0 Å². The van der Waals surface area contributed by atoms with Crippen LogP contribution in [0.25, 0.3) is 0 Å². The van der Waals surface area contributed by atoms with Crippen LogP contribution in [0.3, 0.4) is 0 Å². The SMILES string of the molecule is CCCCNC(=O)COCCOCCNC(=O)COCCOCCNC(=O)CC[C@H](NC(=O)CCCCCCCCCCCCCCCCC(=O)O)C(=O)O. The Morgan fingerprint density at radius 2 is 0.873 bits per heavy atom. The Labute approximate surface area is 328 Å². The molecule has 0 aromatic carbocycles. The molecule has 0 radical (unpaired) electrons. The van der Waals surface area contributed by atoms with Crippen molar-refractivity contribution < 1.29 is 57.9 Å². The van der Waals surface area contributed by atoms with E-state index in [2.05, 4.69) is 21.3 Å². The van der Waals surface area contributed by atoms with Crippen LogP contribution in [0, 0.1) is 0 Å². The highest BCUT2D eigenvalue weighted by molar-refractivity contribution is 5.84. The zero-order valence-electron chi connectivity index (χ0n) is 33.5. The molecule has 4 amide bonds. The van der Waals surface area contributed by atoms with E-state index in [0.29, 0.717) is 32.7 Å². The Balaban J connectivity index is 3.65. The predicted molar refractivity (Wildman–Crippen MR) is 208 cm³/mol. The Morgan fingerprint density at radius 1 is 0.455 bits per heavy atom. The number of carboxylic acids is 2. The smallest absolute Gasteiger partial charge is 0.326 e. The summed E-state index contributed by atoms with van der Waals surface area (Å²) in [7, 11) is 0. The average molecular weight is 789 g/mol. The van der Waals surface area contributed by atoms with Crippen LogP contribution >= 0.6 is 0 Å². The first-order valence-corrected chi connectivity index (χ1v) is 20.5. The van der Waals surface area contributed by atoms with E-state index in [-0.39, 0.29) is 95.5 Å². The summed E-state index contributed by atoms with van der Waals surface area (Å²) in [6, 6.07) is -1.13. The summed E-state index contributed by atoms with van der Waals surface area (Å²) in [5.41, 5.74) is 0. The van der Waals surface area contributed by atoms with Gasteiger partial charge in [0.1, 0.15) is 19.3 Å². The third-order valence-electron chi connectivity index (χ3n) is 8.54. The van der Waals surface area contributed by atoms with Crippen molar-refractivity contribution in [3.05, 3.63) is 0 Å². The van der Waals surface area contributed by atoms with E-state index in [1.54, 1.807) is 0 Å². The highest BCUT2D eigenvalue weighted by atomic mass is 16.5. The van der Waals surface area contributed by atoms with Gasteiger partial charge >= 0.3 is 11.9 Å². The number of nitrogens with one attached hydrogen (secondary N) is 4. The lowest BCUT2D eigenvalue weighted by Crippen LogP contribution is -2.41. The first-order valence-electron chi connectivity index (χ1n) is 20.5. The maximum atomic E-state index is 12.3. The fourth-order valence-corrected chi connectivity index (χ4v) is 5.37. The molecule has 0 fully saturated rings. The molecule has 1 atom stereocenters. The summed E-state index contributed by atoms with van der Waals surface area (Å²) in [5.74, 6) is -3.01. The highest BCUT2D eigenvalue weighted by Crippen LogP contribution is 2.14. The van der Waals surface area contributed by atoms with E-state index in [0.717, 1.165) is 51.4 Å². The van der Waals surface area contributed by atoms with Crippen LogP contribution < -0.4 is 21.3 Å². The average Bonchev–Trinajstić information content (AvgIpc) is 3.15. The maximum Gasteiger partial charge on any atom is 0.326 e. The van der Waals surface area contributed by atoms with E-state index in [1.165, 1.54) is 44.9 Å². The van der Waals surface area contributed by atoms with E-state index in [4.69, 9.17) is 24.1 Å². The second kappa shape index (κ2) is 38.9. The molecule has 0 aliphatic heterocycles. The molecule has 0 unspecified atom stereocenters. The molecule has 0 spiro atoms. The van der Waals surface area contributed by atoms with E-state index in [1.807, 2.05) is 6.92 Å². The van der Waals surface area contributed by atoms with Crippen molar-refractivity contribution in [2.75, 3.05) is 72.5 Å².